The van der Waals surface area contributed by atoms with Gasteiger partial charge in [-0.25, -0.2) is 0 Å². The van der Waals surface area contributed by atoms with Crippen molar-refractivity contribution in [2.45, 2.75) is 30.8 Å². The van der Waals surface area contributed by atoms with Gasteiger partial charge in [0.25, 0.3) is 0 Å². The normalized spacial score (nSPS) is 36.2. The van der Waals surface area contributed by atoms with Crippen molar-refractivity contribution in [3.63, 3.8) is 0 Å². The molecule has 0 bridgehead atoms. The van der Waals surface area contributed by atoms with E-state index in [1.165, 1.54) is 12.8 Å². The van der Waals surface area contributed by atoms with Crippen molar-refractivity contribution in [3.8, 4) is 0 Å². The van der Waals surface area contributed by atoms with Crippen molar-refractivity contribution in [2.75, 3.05) is 39.3 Å². The largest absolute Gasteiger partial charge is 0.368 e. The highest BCUT2D eigenvalue weighted by Crippen LogP contribution is 2.36. The van der Waals surface area contributed by atoms with E-state index < -0.39 is 0 Å². The van der Waals surface area contributed by atoms with Crippen LogP contribution in [0.3, 0.4) is 0 Å². The van der Waals surface area contributed by atoms with E-state index in [1.54, 1.807) is 0 Å². The lowest BCUT2D eigenvalue weighted by Gasteiger charge is -2.41. The Hall–Kier alpha value is -0.650. The second-order valence-corrected chi connectivity index (χ2v) is 5.58. The molecule has 17 heavy (non-hydrogen) atoms. The van der Waals surface area contributed by atoms with E-state index in [0.717, 1.165) is 51.7 Å². The van der Waals surface area contributed by atoms with Gasteiger partial charge in [0.15, 0.2) is 0 Å². The van der Waals surface area contributed by atoms with Gasteiger partial charge in [-0.05, 0) is 19.3 Å². The number of nitrogens with one attached hydrogen (secondary N) is 1. The van der Waals surface area contributed by atoms with Crippen LogP contribution in [0.1, 0.15) is 19.3 Å². The van der Waals surface area contributed by atoms with E-state index in [2.05, 4.69) is 15.1 Å². The standard InChI is InChI=1S/C12H22N4O/c13-11(17)12(16-7-4-14-5-8-16)3-6-15(9-12)10-1-2-10/h10,14H,1-9H2,(H2,13,17). The highest BCUT2D eigenvalue weighted by molar-refractivity contribution is 5.85. The Morgan fingerprint density at radius 2 is 1.94 bits per heavy atom. The summed E-state index contributed by atoms with van der Waals surface area (Å²) in [5.41, 5.74) is 5.33. The summed E-state index contributed by atoms with van der Waals surface area (Å²) < 4.78 is 0. The number of nitrogens with two attached hydrogens (primary N) is 1. The Bertz CT molecular complexity index is 312. The summed E-state index contributed by atoms with van der Waals surface area (Å²) in [5.74, 6) is -0.123. The van der Waals surface area contributed by atoms with Gasteiger partial charge in [0.1, 0.15) is 5.54 Å². The molecule has 2 heterocycles. The van der Waals surface area contributed by atoms with Crippen molar-refractivity contribution in [1.82, 2.24) is 15.1 Å². The fraction of sp³-hybridized carbons (Fsp3) is 0.917. The number of carbonyl (C=O) groups excluding carboxylic acids is 1. The Balaban J connectivity index is 1.75. The number of primary amides is 1. The van der Waals surface area contributed by atoms with E-state index in [9.17, 15) is 4.79 Å². The Kier molecular flexibility index (Phi) is 2.84. The summed E-state index contributed by atoms with van der Waals surface area (Å²) in [6.07, 6.45) is 3.52. The third kappa shape index (κ3) is 1.96. The lowest BCUT2D eigenvalue weighted by molar-refractivity contribution is -0.130. The Morgan fingerprint density at radius 3 is 2.53 bits per heavy atom. The van der Waals surface area contributed by atoms with Crippen LogP contribution < -0.4 is 11.1 Å². The third-order valence-corrected chi connectivity index (χ3v) is 4.52. The minimum absolute atomic E-state index is 0.123. The molecule has 0 radical (unpaired) electrons. The molecule has 5 nitrogen and oxygen atoms in total. The van der Waals surface area contributed by atoms with Gasteiger partial charge in [-0.2, -0.15) is 0 Å². The molecule has 1 aliphatic carbocycles. The summed E-state index contributed by atoms with van der Waals surface area (Å²) in [7, 11) is 0. The molecular weight excluding hydrogens is 216 g/mol. The highest BCUT2D eigenvalue weighted by Gasteiger charge is 2.50. The topological polar surface area (TPSA) is 61.6 Å². The summed E-state index contributed by atoms with van der Waals surface area (Å²) in [5, 5.41) is 3.33. The maximum Gasteiger partial charge on any atom is 0.239 e. The Labute approximate surface area is 102 Å². The predicted molar refractivity (Wildman–Crippen MR) is 65.6 cm³/mol. The lowest BCUT2D eigenvalue weighted by Crippen LogP contribution is -2.63. The number of rotatable bonds is 3. The van der Waals surface area contributed by atoms with Crippen molar-refractivity contribution in [1.29, 1.82) is 0 Å². The summed E-state index contributed by atoms with van der Waals surface area (Å²) >= 11 is 0. The second-order valence-electron chi connectivity index (χ2n) is 5.58. The molecule has 3 rings (SSSR count). The van der Waals surface area contributed by atoms with E-state index >= 15 is 0 Å². The monoisotopic (exact) mass is 238 g/mol. The zero-order valence-corrected chi connectivity index (χ0v) is 10.3. The van der Waals surface area contributed by atoms with Gasteiger partial charge in [0.2, 0.25) is 5.91 Å². The van der Waals surface area contributed by atoms with Crippen LogP contribution in [0, 0.1) is 0 Å². The summed E-state index contributed by atoms with van der Waals surface area (Å²) in [4.78, 5) is 16.7. The van der Waals surface area contributed by atoms with Gasteiger partial charge in [-0.1, -0.05) is 0 Å². The number of hydrogen-bond acceptors (Lipinski definition) is 4. The zero-order valence-electron chi connectivity index (χ0n) is 10.3. The molecule has 1 atom stereocenters. The average molecular weight is 238 g/mol. The van der Waals surface area contributed by atoms with Crippen molar-refractivity contribution >= 4 is 5.91 Å². The number of nitrogens with zero attached hydrogens (tertiary/aromatic N) is 2. The van der Waals surface area contributed by atoms with Gasteiger partial charge in [-0.3, -0.25) is 14.6 Å². The first-order valence-electron chi connectivity index (χ1n) is 6.72. The fourth-order valence-corrected chi connectivity index (χ4v) is 3.28. The quantitative estimate of drug-likeness (QED) is 0.661. The number of hydrogen-bond donors (Lipinski definition) is 2. The molecule has 3 fully saturated rings. The fourth-order valence-electron chi connectivity index (χ4n) is 3.28. The molecule has 2 aliphatic heterocycles. The van der Waals surface area contributed by atoms with Crippen molar-refractivity contribution in [2.24, 2.45) is 5.73 Å². The van der Waals surface area contributed by atoms with E-state index in [4.69, 9.17) is 5.73 Å². The highest BCUT2D eigenvalue weighted by atomic mass is 16.1. The summed E-state index contributed by atoms with van der Waals surface area (Å²) in [6, 6.07) is 0.735. The van der Waals surface area contributed by atoms with Crippen molar-refractivity contribution in [3.05, 3.63) is 0 Å². The van der Waals surface area contributed by atoms with Crippen LogP contribution in [0.2, 0.25) is 0 Å². The molecule has 3 N–H and O–H groups in total. The molecule has 0 spiro atoms. The molecule has 1 saturated carbocycles. The third-order valence-electron chi connectivity index (χ3n) is 4.52. The Morgan fingerprint density at radius 1 is 1.24 bits per heavy atom. The van der Waals surface area contributed by atoms with Crippen LogP contribution >= 0.6 is 0 Å². The van der Waals surface area contributed by atoms with E-state index in [0.29, 0.717) is 0 Å². The van der Waals surface area contributed by atoms with Crippen LogP contribution in [0.25, 0.3) is 0 Å². The lowest BCUT2D eigenvalue weighted by atomic mass is 9.94. The number of piperazine rings is 1. The van der Waals surface area contributed by atoms with Gasteiger partial charge in [-0.15, -0.1) is 0 Å². The molecule has 96 valence electrons. The van der Waals surface area contributed by atoms with Crippen LogP contribution in [0.5, 0.6) is 0 Å². The smallest absolute Gasteiger partial charge is 0.239 e. The van der Waals surface area contributed by atoms with Crippen molar-refractivity contribution < 1.29 is 4.79 Å². The molecule has 3 aliphatic rings. The van der Waals surface area contributed by atoms with Gasteiger partial charge in [0, 0.05) is 45.3 Å². The number of likely N-dealkylation sites (tertiary alicyclic amines) is 1. The molecule has 1 amide bonds. The van der Waals surface area contributed by atoms with Crippen LogP contribution in [-0.4, -0.2) is 66.6 Å². The van der Waals surface area contributed by atoms with Crippen LogP contribution in [0.4, 0.5) is 0 Å². The van der Waals surface area contributed by atoms with Gasteiger partial charge in [0.05, 0.1) is 0 Å². The molecule has 2 saturated heterocycles. The van der Waals surface area contributed by atoms with Gasteiger partial charge >= 0.3 is 0 Å². The second kappa shape index (κ2) is 4.23. The minimum atomic E-state index is -0.384. The maximum atomic E-state index is 11.9. The molecular formula is C12H22N4O. The molecule has 1 unspecified atom stereocenters. The first-order valence-corrected chi connectivity index (χ1v) is 6.72. The molecule has 0 aromatic carbocycles. The maximum absolute atomic E-state index is 11.9. The minimum Gasteiger partial charge on any atom is -0.368 e. The zero-order chi connectivity index (χ0) is 11.9. The first kappa shape index (κ1) is 11.4. The van der Waals surface area contributed by atoms with E-state index in [1.807, 2.05) is 0 Å². The number of carbonyl (C=O) groups is 1. The average Bonchev–Trinajstić information content (AvgIpc) is 3.09. The summed E-state index contributed by atoms with van der Waals surface area (Å²) in [6.45, 7) is 5.73. The molecule has 0 aromatic heterocycles. The van der Waals surface area contributed by atoms with E-state index in [-0.39, 0.29) is 11.4 Å². The van der Waals surface area contributed by atoms with Crippen LogP contribution in [0.15, 0.2) is 0 Å². The number of amides is 1. The predicted octanol–water partition coefficient (Wildman–Crippen LogP) is -1.02. The first-order chi connectivity index (χ1) is 8.22. The molecule has 0 aromatic rings. The molecule has 5 heteroatoms. The van der Waals surface area contributed by atoms with Gasteiger partial charge < -0.3 is 11.1 Å². The van der Waals surface area contributed by atoms with Crippen LogP contribution in [-0.2, 0) is 4.79 Å². The SMILES string of the molecule is NC(=O)C1(N2CCNCC2)CCN(C2CC2)C1.